The Kier molecular flexibility index (Phi) is 6.05. The summed E-state index contributed by atoms with van der Waals surface area (Å²) in [6.07, 6.45) is 1.70. The molecule has 0 unspecified atom stereocenters. The lowest BCUT2D eigenvalue weighted by Gasteiger charge is -2.11. The van der Waals surface area contributed by atoms with Gasteiger partial charge in [0.2, 0.25) is 5.95 Å². The minimum Gasteiger partial charge on any atom is -0.495 e. The van der Waals surface area contributed by atoms with Crippen molar-refractivity contribution in [3.8, 4) is 11.5 Å². The average molecular weight is 398 g/mol. The average Bonchev–Trinajstić information content (AvgIpc) is 2.80. The molecule has 30 heavy (non-hydrogen) atoms. The fraction of sp³-hybridized carbons (Fsp3) is 0.0833. The van der Waals surface area contributed by atoms with E-state index in [1.807, 2.05) is 84.9 Å². The topological polar surface area (TPSA) is 68.3 Å². The second kappa shape index (κ2) is 9.43. The fourth-order valence-corrected chi connectivity index (χ4v) is 2.88. The van der Waals surface area contributed by atoms with E-state index in [0.717, 1.165) is 28.4 Å². The van der Waals surface area contributed by atoms with Gasteiger partial charge in [0.1, 0.15) is 23.9 Å². The van der Waals surface area contributed by atoms with Crippen molar-refractivity contribution in [1.82, 2.24) is 9.97 Å². The molecule has 1 aromatic heterocycles. The Balaban J connectivity index is 1.39. The van der Waals surface area contributed by atoms with Crippen molar-refractivity contribution in [2.45, 2.75) is 6.61 Å². The SMILES string of the molecule is COc1ccccc1Nc1nccc(Nc2ccc(OCc3ccccc3)cc2)n1. The molecule has 0 aliphatic carbocycles. The first kappa shape index (κ1) is 19.3. The zero-order chi connectivity index (χ0) is 20.6. The summed E-state index contributed by atoms with van der Waals surface area (Å²) < 4.78 is 11.2. The number of hydrogen-bond acceptors (Lipinski definition) is 6. The molecule has 0 saturated heterocycles. The van der Waals surface area contributed by atoms with Crippen LogP contribution in [-0.2, 0) is 6.61 Å². The van der Waals surface area contributed by atoms with Gasteiger partial charge in [-0.15, -0.1) is 0 Å². The molecule has 6 heteroatoms. The maximum Gasteiger partial charge on any atom is 0.229 e. The van der Waals surface area contributed by atoms with Gasteiger partial charge >= 0.3 is 0 Å². The van der Waals surface area contributed by atoms with Crippen LogP contribution in [0.15, 0.2) is 91.1 Å². The van der Waals surface area contributed by atoms with Gasteiger partial charge in [-0.05, 0) is 48.0 Å². The highest BCUT2D eigenvalue weighted by Gasteiger charge is 2.05. The zero-order valence-electron chi connectivity index (χ0n) is 16.6. The number of ether oxygens (including phenoxy) is 2. The minimum atomic E-state index is 0.479. The van der Waals surface area contributed by atoms with Crippen molar-refractivity contribution in [3.63, 3.8) is 0 Å². The normalized spacial score (nSPS) is 10.3. The van der Waals surface area contributed by atoms with Crippen molar-refractivity contribution in [2.24, 2.45) is 0 Å². The van der Waals surface area contributed by atoms with Gasteiger partial charge in [-0.3, -0.25) is 0 Å². The van der Waals surface area contributed by atoms with Gasteiger partial charge in [-0.1, -0.05) is 42.5 Å². The molecule has 6 nitrogen and oxygen atoms in total. The van der Waals surface area contributed by atoms with Crippen molar-refractivity contribution in [3.05, 3.63) is 96.7 Å². The highest BCUT2D eigenvalue weighted by Crippen LogP contribution is 2.26. The molecule has 0 fully saturated rings. The monoisotopic (exact) mass is 398 g/mol. The van der Waals surface area contributed by atoms with Gasteiger partial charge in [-0.25, -0.2) is 4.98 Å². The molecule has 0 aliphatic heterocycles. The fourth-order valence-electron chi connectivity index (χ4n) is 2.88. The molecule has 3 aromatic carbocycles. The summed E-state index contributed by atoms with van der Waals surface area (Å²) in [5.74, 6) is 2.70. The van der Waals surface area contributed by atoms with E-state index in [0.29, 0.717) is 18.4 Å². The predicted octanol–water partition coefficient (Wildman–Crippen LogP) is 5.55. The van der Waals surface area contributed by atoms with Crippen LogP contribution in [0.25, 0.3) is 0 Å². The Morgan fingerprint density at radius 1 is 0.800 bits per heavy atom. The quantitative estimate of drug-likeness (QED) is 0.405. The van der Waals surface area contributed by atoms with E-state index in [4.69, 9.17) is 9.47 Å². The maximum absolute atomic E-state index is 5.83. The van der Waals surface area contributed by atoms with Crippen LogP contribution < -0.4 is 20.1 Å². The Hall–Kier alpha value is -4.06. The highest BCUT2D eigenvalue weighted by atomic mass is 16.5. The summed E-state index contributed by atoms with van der Waals surface area (Å²) in [6, 6.07) is 27.3. The summed E-state index contributed by atoms with van der Waals surface area (Å²) in [7, 11) is 1.63. The van der Waals surface area contributed by atoms with Crippen molar-refractivity contribution < 1.29 is 9.47 Å². The zero-order valence-corrected chi connectivity index (χ0v) is 16.6. The molecule has 4 aromatic rings. The molecule has 0 bridgehead atoms. The lowest BCUT2D eigenvalue weighted by atomic mass is 10.2. The number of anilines is 4. The lowest BCUT2D eigenvalue weighted by Crippen LogP contribution is -2.01. The van der Waals surface area contributed by atoms with Gasteiger partial charge in [0.05, 0.1) is 12.8 Å². The van der Waals surface area contributed by atoms with E-state index in [2.05, 4.69) is 20.6 Å². The van der Waals surface area contributed by atoms with Gasteiger partial charge in [0.15, 0.2) is 0 Å². The smallest absolute Gasteiger partial charge is 0.229 e. The van der Waals surface area contributed by atoms with Crippen molar-refractivity contribution in [2.75, 3.05) is 17.7 Å². The van der Waals surface area contributed by atoms with Crippen LogP contribution >= 0.6 is 0 Å². The third kappa shape index (κ3) is 5.05. The summed E-state index contributed by atoms with van der Waals surface area (Å²) in [4.78, 5) is 8.80. The number of methoxy groups -OCH3 is 1. The Morgan fingerprint density at radius 2 is 1.57 bits per heavy atom. The number of para-hydroxylation sites is 2. The Bertz CT molecular complexity index is 1090. The molecular weight excluding hydrogens is 376 g/mol. The molecule has 0 radical (unpaired) electrons. The molecule has 2 N–H and O–H groups in total. The molecule has 4 rings (SSSR count). The number of hydrogen-bond donors (Lipinski definition) is 2. The number of aromatic nitrogens is 2. The summed E-state index contributed by atoms with van der Waals surface area (Å²) in [5, 5.41) is 6.47. The summed E-state index contributed by atoms with van der Waals surface area (Å²) >= 11 is 0. The van der Waals surface area contributed by atoms with E-state index < -0.39 is 0 Å². The van der Waals surface area contributed by atoms with Gasteiger partial charge in [0.25, 0.3) is 0 Å². The van der Waals surface area contributed by atoms with E-state index in [-0.39, 0.29) is 0 Å². The van der Waals surface area contributed by atoms with E-state index >= 15 is 0 Å². The molecule has 0 amide bonds. The van der Waals surface area contributed by atoms with Gasteiger partial charge in [-0.2, -0.15) is 4.98 Å². The van der Waals surface area contributed by atoms with Crippen LogP contribution in [0.3, 0.4) is 0 Å². The first-order valence-corrected chi connectivity index (χ1v) is 9.57. The first-order valence-electron chi connectivity index (χ1n) is 9.57. The van der Waals surface area contributed by atoms with Crippen LogP contribution in [0.4, 0.5) is 23.1 Å². The minimum absolute atomic E-state index is 0.479. The van der Waals surface area contributed by atoms with Crippen LogP contribution in [0.5, 0.6) is 11.5 Å². The lowest BCUT2D eigenvalue weighted by molar-refractivity contribution is 0.306. The summed E-state index contributed by atoms with van der Waals surface area (Å²) in [6.45, 7) is 0.539. The van der Waals surface area contributed by atoms with E-state index in [1.165, 1.54) is 0 Å². The van der Waals surface area contributed by atoms with Crippen LogP contribution in [0.2, 0.25) is 0 Å². The van der Waals surface area contributed by atoms with E-state index in [1.54, 1.807) is 13.3 Å². The summed E-state index contributed by atoms with van der Waals surface area (Å²) in [5.41, 5.74) is 2.84. The second-order valence-electron chi connectivity index (χ2n) is 6.51. The number of nitrogens with zero attached hydrogens (tertiary/aromatic N) is 2. The largest absolute Gasteiger partial charge is 0.495 e. The van der Waals surface area contributed by atoms with Gasteiger partial charge < -0.3 is 20.1 Å². The molecular formula is C24H22N4O2. The van der Waals surface area contributed by atoms with Crippen molar-refractivity contribution >= 4 is 23.1 Å². The van der Waals surface area contributed by atoms with Crippen molar-refractivity contribution in [1.29, 1.82) is 0 Å². The molecule has 0 spiro atoms. The molecule has 0 aliphatic rings. The Morgan fingerprint density at radius 3 is 2.37 bits per heavy atom. The van der Waals surface area contributed by atoms with Crippen LogP contribution in [0.1, 0.15) is 5.56 Å². The third-order valence-corrected chi connectivity index (χ3v) is 4.38. The molecule has 0 atom stereocenters. The van der Waals surface area contributed by atoms with E-state index in [9.17, 15) is 0 Å². The molecule has 0 saturated carbocycles. The maximum atomic E-state index is 5.83. The third-order valence-electron chi connectivity index (χ3n) is 4.38. The standard InChI is InChI=1S/C24H22N4O2/c1-29-22-10-6-5-9-21(22)27-24-25-16-15-23(28-24)26-19-11-13-20(14-12-19)30-17-18-7-3-2-4-8-18/h2-16H,17H2,1H3,(H2,25,26,27,28). The number of rotatable bonds is 8. The van der Waals surface area contributed by atoms with Crippen LogP contribution in [0, 0.1) is 0 Å². The highest BCUT2D eigenvalue weighted by molar-refractivity contribution is 5.64. The number of nitrogens with one attached hydrogen (secondary N) is 2. The molecule has 150 valence electrons. The second-order valence-corrected chi connectivity index (χ2v) is 6.51. The Labute approximate surface area is 175 Å². The predicted molar refractivity (Wildman–Crippen MR) is 119 cm³/mol. The molecule has 1 heterocycles. The van der Waals surface area contributed by atoms with Gasteiger partial charge in [0, 0.05) is 11.9 Å². The number of benzene rings is 3. The van der Waals surface area contributed by atoms with Crippen LogP contribution in [-0.4, -0.2) is 17.1 Å². The first-order chi connectivity index (χ1) is 14.8.